The van der Waals surface area contributed by atoms with Crippen molar-refractivity contribution in [1.82, 2.24) is 9.80 Å². The number of hydrogen-bond donors (Lipinski definition) is 0. The smallest absolute Gasteiger partial charge is 0.204 e. The van der Waals surface area contributed by atoms with Gasteiger partial charge >= 0.3 is 0 Å². The summed E-state index contributed by atoms with van der Waals surface area (Å²) >= 11 is 1.67. The summed E-state index contributed by atoms with van der Waals surface area (Å²) in [6.45, 7) is 2.65. The predicted molar refractivity (Wildman–Crippen MR) is 210 cm³/mol. The molecule has 0 unspecified atom stereocenters. The Balaban J connectivity index is 1.34. The number of ether oxygens (including phenoxy) is 7. The van der Waals surface area contributed by atoms with Gasteiger partial charge in [0.2, 0.25) is 5.75 Å². The Morgan fingerprint density at radius 1 is 0.704 bits per heavy atom. The normalized spacial score (nSPS) is 18.1. The lowest BCUT2D eigenvalue weighted by Gasteiger charge is -2.38. The van der Waals surface area contributed by atoms with Gasteiger partial charge in [0.15, 0.2) is 34.5 Å². The van der Waals surface area contributed by atoms with Gasteiger partial charge in [-0.05, 0) is 126 Å². The number of nitrogens with zero attached hydrogens (tertiary/aromatic N) is 2. The minimum atomic E-state index is -0.0823. The molecule has 4 aromatic carbocycles. The van der Waals surface area contributed by atoms with Crippen LogP contribution in [0, 0.1) is 0 Å². The first-order valence-electron chi connectivity index (χ1n) is 18.5. The van der Waals surface area contributed by atoms with Crippen LogP contribution in [0.1, 0.15) is 56.6 Å². The summed E-state index contributed by atoms with van der Waals surface area (Å²) in [5.74, 6) is 5.23. The number of fused-ring (bicyclic) bond motifs is 2. The second kappa shape index (κ2) is 15.5. The highest BCUT2D eigenvalue weighted by Crippen LogP contribution is 2.54. The summed E-state index contributed by atoms with van der Waals surface area (Å²) in [6.07, 6.45) is 3.22. The Bertz CT molecular complexity index is 2120. The van der Waals surface area contributed by atoms with Gasteiger partial charge in [0, 0.05) is 36.3 Å². The standard InChI is InChI=1S/C44H48N2O7S/c1-45-16-13-30-22-38(48-4)40-23-33(30)35(45)19-27-7-10-31(11-8-27)52-39-21-28(9-12-37(39)47-3)20-36-41-32(14-17-46(36)2)34(25-51-24-29-15-18-54-26-29)42(49-5)44(50-6)43(41)53-40/h7-12,15,18,21-23,26,35-36H,13-14,16-17,19-20,24-25H2,1-6H3/t35-,36-/m0/s1. The van der Waals surface area contributed by atoms with E-state index in [0.29, 0.717) is 59.9 Å². The summed E-state index contributed by atoms with van der Waals surface area (Å²) in [6, 6.07) is 21.1. The Labute approximate surface area is 321 Å². The molecule has 9 rings (SSSR count). The number of benzene rings is 4. The van der Waals surface area contributed by atoms with Gasteiger partial charge in [-0.1, -0.05) is 18.2 Å². The molecular formula is C44H48N2O7S. The maximum Gasteiger partial charge on any atom is 0.204 e. The minimum absolute atomic E-state index is 0.0823. The number of thiophene rings is 1. The molecule has 0 aliphatic carbocycles. The van der Waals surface area contributed by atoms with E-state index < -0.39 is 0 Å². The molecule has 5 aromatic rings. The average molecular weight is 749 g/mol. The van der Waals surface area contributed by atoms with Crippen molar-refractivity contribution < 1.29 is 33.2 Å². The Kier molecular flexibility index (Phi) is 10.4. The van der Waals surface area contributed by atoms with Crippen LogP contribution in [0.5, 0.6) is 46.0 Å². The van der Waals surface area contributed by atoms with Crippen molar-refractivity contribution in [2.45, 2.75) is 51.0 Å². The second-order valence-electron chi connectivity index (χ2n) is 14.3. The molecule has 0 fully saturated rings. The number of hydrogen-bond acceptors (Lipinski definition) is 10. The molecule has 54 heavy (non-hydrogen) atoms. The van der Waals surface area contributed by atoms with Crippen molar-refractivity contribution in [3.8, 4) is 46.0 Å². The third-order valence-electron chi connectivity index (χ3n) is 11.2. The third kappa shape index (κ3) is 6.88. The van der Waals surface area contributed by atoms with E-state index in [9.17, 15) is 0 Å². The number of likely N-dealkylation sites (N-methyl/N-ethyl adjacent to an activating group) is 2. The molecule has 2 atom stereocenters. The van der Waals surface area contributed by atoms with Gasteiger partial charge in [-0.3, -0.25) is 9.80 Å². The van der Waals surface area contributed by atoms with Crippen LogP contribution in [0.2, 0.25) is 0 Å². The highest BCUT2D eigenvalue weighted by atomic mass is 32.1. The van der Waals surface area contributed by atoms with Crippen molar-refractivity contribution in [2.75, 3.05) is 55.6 Å². The summed E-state index contributed by atoms with van der Waals surface area (Å²) in [5.41, 5.74) is 9.15. The van der Waals surface area contributed by atoms with Crippen LogP contribution in [0.15, 0.2) is 71.4 Å². The average Bonchev–Trinajstić information content (AvgIpc) is 3.71. The topological polar surface area (TPSA) is 71.1 Å². The predicted octanol–water partition coefficient (Wildman–Crippen LogP) is 8.94. The lowest BCUT2D eigenvalue weighted by Crippen LogP contribution is -2.35. The largest absolute Gasteiger partial charge is 0.493 e. The molecule has 0 N–H and O–H groups in total. The van der Waals surface area contributed by atoms with Crippen LogP contribution < -0.4 is 28.4 Å². The lowest BCUT2D eigenvalue weighted by atomic mass is 9.84. The monoisotopic (exact) mass is 748 g/mol. The maximum absolute atomic E-state index is 7.21. The molecule has 0 spiro atoms. The fourth-order valence-electron chi connectivity index (χ4n) is 8.30. The van der Waals surface area contributed by atoms with E-state index >= 15 is 0 Å². The van der Waals surface area contributed by atoms with Gasteiger partial charge in [0.25, 0.3) is 0 Å². The summed E-state index contributed by atoms with van der Waals surface area (Å²) in [5, 5.41) is 4.19. The van der Waals surface area contributed by atoms with Crippen molar-refractivity contribution >= 4 is 11.3 Å². The Hall–Kier alpha value is -4.74. The maximum atomic E-state index is 7.21. The van der Waals surface area contributed by atoms with E-state index in [1.54, 1.807) is 39.8 Å². The molecule has 4 aliphatic heterocycles. The van der Waals surface area contributed by atoms with Crippen molar-refractivity contribution in [2.24, 2.45) is 0 Å². The zero-order chi connectivity index (χ0) is 37.3. The van der Waals surface area contributed by atoms with Gasteiger partial charge in [-0.2, -0.15) is 11.3 Å². The summed E-state index contributed by atoms with van der Waals surface area (Å²) < 4.78 is 44.5. The van der Waals surface area contributed by atoms with Gasteiger partial charge < -0.3 is 33.2 Å². The van der Waals surface area contributed by atoms with Gasteiger partial charge in [-0.25, -0.2) is 0 Å². The molecule has 5 heterocycles. The zero-order valence-corrected chi connectivity index (χ0v) is 32.7. The first-order valence-corrected chi connectivity index (χ1v) is 19.4. The second-order valence-corrected chi connectivity index (χ2v) is 15.1. The van der Waals surface area contributed by atoms with Gasteiger partial charge in [0.1, 0.15) is 5.75 Å². The quantitative estimate of drug-likeness (QED) is 0.155. The van der Waals surface area contributed by atoms with Gasteiger partial charge in [-0.15, -0.1) is 0 Å². The third-order valence-corrected chi connectivity index (χ3v) is 11.9. The van der Waals surface area contributed by atoms with E-state index in [2.05, 4.69) is 89.3 Å². The Morgan fingerprint density at radius 3 is 2.17 bits per heavy atom. The fraction of sp³-hybridized carbons (Fsp3) is 0.364. The molecule has 1 aromatic heterocycles. The van der Waals surface area contributed by atoms with Crippen molar-refractivity contribution in [3.63, 3.8) is 0 Å². The molecule has 0 saturated heterocycles. The van der Waals surface area contributed by atoms with Crippen LogP contribution in [0.3, 0.4) is 0 Å². The van der Waals surface area contributed by atoms with Crippen LogP contribution in [-0.4, -0.2) is 65.4 Å². The SMILES string of the molecule is COc1ccc2cc1Oc1ccc(cc1)C[C@H]1c3cc(c(OC)cc3CCN1C)Oc1c(OC)c(OC)c(COCc3ccsc3)c3c1[C@H](C2)N(C)CC3. The molecule has 0 amide bonds. The number of methoxy groups -OCH3 is 4. The zero-order valence-electron chi connectivity index (χ0n) is 31.9. The van der Waals surface area contributed by atoms with E-state index in [0.717, 1.165) is 65.9 Å². The highest BCUT2D eigenvalue weighted by Gasteiger charge is 2.37. The Morgan fingerprint density at radius 2 is 1.43 bits per heavy atom. The molecule has 4 aliphatic rings. The van der Waals surface area contributed by atoms with Crippen molar-refractivity contribution in [1.29, 1.82) is 0 Å². The van der Waals surface area contributed by atoms with Gasteiger partial charge in [0.05, 0.1) is 41.7 Å². The molecule has 0 radical (unpaired) electrons. The van der Waals surface area contributed by atoms with E-state index in [-0.39, 0.29) is 12.1 Å². The number of rotatable bonds is 8. The van der Waals surface area contributed by atoms with Crippen LogP contribution in [-0.2, 0) is 43.6 Å². The molecule has 0 saturated carbocycles. The molecule has 10 heteroatoms. The van der Waals surface area contributed by atoms with E-state index in [4.69, 9.17) is 33.2 Å². The van der Waals surface area contributed by atoms with Crippen molar-refractivity contribution in [3.05, 3.63) is 116 Å². The molecule has 9 nitrogen and oxygen atoms in total. The van der Waals surface area contributed by atoms with Crippen LogP contribution in [0.25, 0.3) is 0 Å². The van der Waals surface area contributed by atoms with E-state index in [1.165, 1.54) is 16.7 Å². The highest BCUT2D eigenvalue weighted by molar-refractivity contribution is 7.07. The van der Waals surface area contributed by atoms with Crippen LogP contribution >= 0.6 is 11.3 Å². The molecule has 282 valence electrons. The first-order chi connectivity index (χ1) is 26.4. The van der Waals surface area contributed by atoms with Crippen LogP contribution in [0.4, 0.5) is 0 Å². The molecule has 6 bridgehead atoms. The fourth-order valence-corrected chi connectivity index (χ4v) is 8.96. The summed E-state index contributed by atoms with van der Waals surface area (Å²) in [7, 11) is 11.1. The lowest BCUT2D eigenvalue weighted by molar-refractivity contribution is 0.103. The summed E-state index contributed by atoms with van der Waals surface area (Å²) in [4.78, 5) is 4.83. The molecular weight excluding hydrogens is 701 g/mol. The minimum Gasteiger partial charge on any atom is -0.493 e. The first kappa shape index (κ1) is 36.2. The van der Waals surface area contributed by atoms with E-state index in [1.807, 2.05) is 6.07 Å².